The summed E-state index contributed by atoms with van der Waals surface area (Å²) >= 11 is 0. The lowest BCUT2D eigenvalue weighted by atomic mass is 9.84. The van der Waals surface area contributed by atoms with Crippen LogP contribution in [-0.2, 0) is 14.2 Å². The van der Waals surface area contributed by atoms with Gasteiger partial charge in [0, 0.05) is 5.41 Å². The Bertz CT molecular complexity index is 192. The molecule has 0 aromatic rings. The van der Waals surface area contributed by atoms with Crippen molar-refractivity contribution >= 4 is 0 Å². The summed E-state index contributed by atoms with van der Waals surface area (Å²) in [5.41, 5.74) is 0.290. The second-order valence-corrected chi connectivity index (χ2v) is 4.43. The van der Waals surface area contributed by atoms with Crippen molar-refractivity contribution in [1.29, 1.82) is 0 Å². The van der Waals surface area contributed by atoms with Gasteiger partial charge in [0.05, 0.1) is 32.7 Å². The highest BCUT2D eigenvalue weighted by atomic mass is 16.5. The van der Waals surface area contributed by atoms with Crippen LogP contribution < -0.4 is 0 Å². The first-order valence-corrected chi connectivity index (χ1v) is 6.25. The van der Waals surface area contributed by atoms with E-state index in [-0.39, 0.29) is 5.41 Å². The third-order valence-corrected chi connectivity index (χ3v) is 2.97. The van der Waals surface area contributed by atoms with Crippen molar-refractivity contribution in [1.82, 2.24) is 0 Å². The average molecular weight is 228 g/mol. The maximum atomic E-state index is 5.60. The van der Waals surface area contributed by atoms with E-state index in [1.807, 2.05) is 6.08 Å². The molecule has 0 atom stereocenters. The molecule has 3 nitrogen and oxygen atoms in total. The highest BCUT2D eigenvalue weighted by molar-refractivity contribution is 4.83. The Kier molecular flexibility index (Phi) is 6.50. The second kappa shape index (κ2) is 7.69. The van der Waals surface area contributed by atoms with Crippen molar-refractivity contribution in [2.24, 2.45) is 5.41 Å². The van der Waals surface area contributed by atoms with Crippen LogP contribution in [0, 0.1) is 5.41 Å². The molecule has 0 N–H and O–H groups in total. The molecule has 0 spiro atoms. The van der Waals surface area contributed by atoms with Gasteiger partial charge in [-0.25, -0.2) is 0 Å². The monoisotopic (exact) mass is 228 g/mol. The molecule has 16 heavy (non-hydrogen) atoms. The summed E-state index contributed by atoms with van der Waals surface area (Å²) in [4.78, 5) is 0. The summed E-state index contributed by atoms with van der Waals surface area (Å²) in [5, 5.41) is 0. The molecule has 1 aliphatic rings. The Hall–Kier alpha value is -0.540. The van der Waals surface area contributed by atoms with Crippen LogP contribution in [0.15, 0.2) is 12.3 Å². The van der Waals surface area contributed by atoms with Crippen molar-refractivity contribution in [3.8, 4) is 0 Å². The Morgan fingerprint density at radius 3 is 2.62 bits per heavy atom. The molecule has 0 aliphatic carbocycles. The molecular formula is C13H24O3. The van der Waals surface area contributed by atoms with E-state index in [9.17, 15) is 0 Å². The fraction of sp³-hybridized carbons (Fsp3) is 0.846. The molecule has 0 aromatic heterocycles. The van der Waals surface area contributed by atoms with Crippen LogP contribution in [0.4, 0.5) is 0 Å². The Morgan fingerprint density at radius 2 is 2.06 bits per heavy atom. The molecule has 0 amide bonds. The summed E-state index contributed by atoms with van der Waals surface area (Å²) in [6, 6.07) is 0. The van der Waals surface area contributed by atoms with Crippen LogP contribution in [0.1, 0.15) is 33.1 Å². The Balaban J connectivity index is 1.91. The summed E-state index contributed by atoms with van der Waals surface area (Å²) in [7, 11) is 0. The summed E-state index contributed by atoms with van der Waals surface area (Å²) in [5.74, 6) is 0. The summed E-state index contributed by atoms with van der Waals surface area (Å²) in [6.45, 7) is 8.14. The molecular weight excluding hydrogens is 204 g/mol. The molecule has 1 rings (SSSR count). The Labute approximate surface area is 98.8 Å². The standard InChI is InChI=1S/C13H24O3/c1-3-5-6-7-14-8-9-15-10-13(4-2)11-16-12-13/h6-7H,3-5,8-12H2,1-2H3. The fourth-order valence-electron chi connectivity index (χ4n) is 1.55. The highest BCUT2D eigenvalue weighted by Gasteiger charge is 2.36. The van der Waals surface area contributed by atoms with Gasteiger partial charge in [-0.05, 0) is 18.9 Å². The van der Waals surface area contributed by atoms with E-state index in [1.54, 1.807) is 6.26 Å². The van der Waals surface area contributed by atoms with Gasteiger partial charge < -0.3 is 14.2 Å². The minimum absolute atomic E-state index is 0.290. The first kappa shape index (κ1) is 13.5. The minimum atomic E-state index is 0.290. The predicted molar refractivity (Wildman–Crippen MR) is 64.4 cm³/mol. The molecule has 1 saturated heterocycles. The van der Waals surface area contributed by atoms with Gasteiger partial charge in [-0.3, -0.25) is 0 Å². The van der Waals surface area contributed by atoms with Crippen LogP contribution in [0.3, 0.4) is 0 Å². The fourth-order valence-corrected chi connectivity index (χ4v) is 1.55. The van der Waals surface area contributed by atoms with E-state index in [0.29, 0.717) is 13.2 Å². The maximum Gasteiger partial charge on any atom is 0.111 e. The zero-order chi connectivity index (χ0) is 11.7. The molecule has 1 aliphatic heterocycles. The highest BCUT2D eigenvalue weighted by Crippen LogP contribution is 2.31. The van der Waals surface area contributed by atoms with E-state index in [2.05, 4.69) is 13.8 Å². The van der Waals surface area contributed by atoms with Crippen LogP contribution in [0.2, 0.25) is 0 Å². The minimum Gasteiger partial charge on any atom is -0.499 e. The largest absolute Gasteiger partial charge is 0.499 e. The second-order valence-electron chi connectivity index (χ2n) is 4.43. The molecule has 94 valence electrons. The van der Waals surface area contributed by atoms with Gasteiger partial charge in [0.25, 0.3) is 0 Å². The van der Waals surface area contributed by atoms with E-state index in [4.69, 9.17) is 14.2 Å². The third kappa shape index (κ3) is 4.54. The van der Waals surface area contributed by atoms with Crippen LogP contribution >= 0.6 is 0 Å². The smallest absolute Gasteiger partial charge is 0.111 e. The zero-order valence-electron chi connectivity index (χ0n) is 10.5. The topological polar surface area (TPSA) is 27.7 Å². The van der Waals surface area contributed by atoms with Crippen molar-refractivity contribution in [3.63, 3.8) is 0 Å². The molecule has 0 saturated carbocycles. The van der Waals surface area contributed by atoms with Gasteiger partial charge in [0.1, 0.15) is 6.61 Å². The van der Waals surface area contributed by atoms with Crippen molar-refractivity contribution < 1.29 is 14.2 Å². The molecule has 0 aromatic carbocycles. The molecule has 3 heteroatoms. The molecule has 0 unspecified atom stereocenters. The zero-order valence-corrected chi connectivity index (χ0v) is 10.5. The lowest BCUT2D eigenvalue weighted by molar-refractivity contribution is -0.151. The van der Waals surface area contributed by atoms with Crippen molar-refractivity contribution in [3.05, 3.63) is 12.3 Å². The number of ether oxygens (including phenoxy) is 3. The third-order valence-electron chi connectivity index (χ3n) is 2.97. The van der Waals surface area contributed by atoms with Crippen LogP contribution in [0.25, 0.3) is 0 Å². The lowest BCUT2D eigenvalue weighted by Crippen LogP contribution is -2.45. The lowest BCUT2D eigenvalue weighted by Gasteiger charge is -2.40. The quantitative estimate of drug-likeness (QED) is 0.448. The summed E-state index contributed by atoms with van der Waals surface area (Å²) in [6.07, 6.45) is 7.19. The SMILES string of the molecule is CCCC=COCCOCC1(CC)COC1. The van der Waals surface area contributed by atoms with E-state index in [0.717, 1.165) is 39.1 Å². The number of hydrogen-bond donors (Lipinski definition) is 0. The van der Waals surface area contributed by atoms with Gasteiger partial charge in [-0.2, -0.15) is 0 Å². The van der Waals surface area contributed by atoms with Gasteiger partial charge in [0.15, 0.2) is 0 Å². The number of hydrogen-bond acceptors (Lipinski definition) is 3. The summed E-state index contributed by atoms with van der Waals surface area (Å²) < 4.78 is 16.1. The van der Waals surface area contributed by atoms with E-state index < -0.39 is 0 Å². The number of allylic oxidation sites excluding steroid dienone is 1. The normalized spacial score (nSPS) is 18.6. The van der Waals surface area contributed by atoms with Gasteiger partial charge >= 0.3 is 0 Å². The molecule has 1 fully saturated rings. The Morgan fingerprint density at radius 1 is 1.25 bits per heavy atom. The van der Waals surface area contributed by atoms with Gasteiger partial charge in [0.2, 0.25) is 0 Å². The van der Waals surface area contributed by atoms with Gasteiger partial charge in [-0.15, -0.1) is 0 Å². The first-order chi connectivity index (χ1) is 7.83. The number of unbranched alkanes of at least 4 members (excludes halogenated alkanes) is 1. The van der Waals surface area contributed by atoms with Crippen LogP contribution in [0.5, 0.6) is 0 Å². The molecule has 1 heterocycles. The maximum absolute atomic E-state index is 5.60. The first-order valence-electron chi connectivity index (χ1n) is 6.25. The van der Waals surface area contributed by atoms with Crippen molar-refractivity contribution in [2.75, 3.05) is 33.0 Å². The van der Waals surface area contributed by atoms with Crippen LogP contribution in [-0.4, -0.2) is 33.0 Å². The molecule has 0 bridgehead atoms. The van der Waals surface area contributed by atoms with E-state index >= 15 is 0 Å². The van der Waals surface area contributed by atoms with Crippen molar-refractivity contribution in [2.45, 2.75) is 33.1 Å². The van der Waals surface area contributed by atoms with E-state index in [1.165, 1.54) is 0 Å². The van der Waals surface area contributed by atoms with Gasteiger partial charge in [-0.1, -0.05) is 20.3 Å². The average Bonchev–Trinajstić information content (AvgIpc) is 2.25. The molecule has 0 radical (unpaired) electrons. The number of rotatable bonds is 9. The predicted octanol–water partition coefficient (Wildman–Crippen LogP) is 2.76.